The van der Waals surface area contributed by atoms with Crippen LogP contribution in [0.1, 0.15) is 16.1 Å². The lowest BCUT2D eigenvalue weighted by Gasteiger charge is -2.17. The third kappa shape index (κ3) is 3.73. The van der Waals surface area contributed by atoms with Gasteiger partial charge in [-0.1, -0.05) is 11.6 Å². The third-order valence-corrected chi connectivity index (χ3v) is 4.78. The van der Waals surface area contributed by atoms with Crippen molar-refractivity contribution in [2.45, 2.75) is 12.5 Å². The van der Waals surface area contributed by atoms with Crippen molar-refractivity contribution in [2.75, 3.05) is 32.1 Å². The molecule has 1 fully saturated rings. The Bertz CT molecular complexity index is 706. The molecular weight excluding hydrogens is 336 g/mol. The highest BCUT2D eigenvalue weighted by Gasteiger charge is 2.29. The second-order valence-corrected chi connectivity index (χ2v) is 7.21. The van der Waals surface area contributed by atoms with Crippen molar-refractivity contribution in [2.24, 2.45) is 0 Å². The van der Waals surface area contributed by atoms with Gasteiger partial charge in [0.25, 0.3) is 5.91 Å². The van der Waals surface area contributed by atoms with Gasteiger partial charge in [0.15, 0.2) is 5.82 Å². The highest BCUT2D eigenvalue weighted by atomic mass is 35.5. The van der Waals surface area contributed by atoms with Gasteiger partial charge in [0.2, 0.25) is 5.88 Å². The third-order valence-electron chi connectivity index (χ3n) is 3.56. The second kappa shape index (κ2) is 6.72. The first-order chi connectivity index (χ1) is 11.0. The van der Waals surface area contributed by atoms with E-state index >= 15 is 0 Å². The summed E-state index contributed by atoms with van der Waals surface area (Å²) in [5.74, 6) is 1.22. The fourth-order valence-corrected chi connectivity index (χ4v) is 3.39. The highest BCUT2D eigenvalue weighted by Crippen LogP contribution is 2.25. The van der Waals surface area contributed by atoms with Crippen LogP contribution in [-0.4, -0.2) is 54.1 Å². The normalized spacial score (nSPS) is 17.3. The number of amides is 1. The molecule has 0 unspecified atom stereocenters. The first kappa shape index (κ1) is 16.0. The van der Waals surface area contributed by atoms with Crippen molar-refractivity contribution in [3.05, 3.63) is 33.7 Å². The maximum Gasteiger partial charge on any atom is 0.264 e. The molecule has 0 radical (unpaired) electrons. The number of halogens is 1. The average Bonchev–Trinajstić information content (AvgIpc) is 3.16. The largest absolute Gasteiger partial charge is 0.471 e. The Kier molecular flexibility index (Phi) is 4.68. The maximum atomic E-state index is 12.4. The van der Waals surface area contributed by atoms with Crippen molar-refractivity contribution >= 4 is 34.7 Å². The molecule has 122 valence electrons. The predicted octanol–water partition coefficient (Wildman–Crippen LogP) is 2.55. The minimum Gasteiger partial charge on any atom is -0.471 e. The fourth-order valence-electron chi connectivity index (χ4n) is 2.38. The number of hydrogen-bond acceptors (Lipinski definition) is 6. The molecule has 3 rings (SSSR count). The molecule has 2 aromatic rings. The molecule has 2 aromatic heterocycles. The smallest absolute Gasteiger partial charge is 0.264 e. The molecule has 0 aromatic carbocycles. The monoisotopic (exact) mass is 352 g/mol. The van der Waals surface area contributed by atoms with E-state index in [1.165, 1.54) is 11.3 Å². The predicted molar refractivity (Wildman–Crippen MR) is 90.6 cm³/mol. The molecule has 3 heterocycles. The SMILES string of the molecule is CN(C)c1cncc(O[C@@H]2CCN(C(=O)c3ccc(Cl)s3)C2)n1. The molecule has 0 aliphatic carbocycles. The molecule has 1 saturated heterocycles. The number of carbonyl (C=O) groups is 1. The van der Waals surface area contributed by atoms with Crippen molar-refractivity contribution in [1.82, 2.24) is 14.9 Å². The summed E-state index contributed by atoms with van der Waals surface area (Å²) >= 11 is 7.19. The Morgan fingerprint density at radius 1 is 1.43 bits per heavy atom. The van der Waals surface area contributed by atoms with Crippen LogP contribution in [0.15, 0.2) is 24.5 Å². The van der Waals surface area contributed by atoms with Crippen LogP contribution in [0.4, 0.5) is 5.82 Å². The lowest BCUT2D eigenvalue weighted by molar-refractivity contribution is 0.0776. The van der Waals surface area contributed by atoms with Gasteiger partial charge in [-0.05, 0) is 12.1 Å². The summed E-state index contributed by atoms with van der Waals surface area (Å²) in [6, 6.07) is 3.50. The van der Waals surface area contributed by atoms with Crippen molar-refractivity contribution in [3.63, 3.8) is 0 Å². The molecular formula is C15H17ClN4O2S. The number of nitrogens with zero attached hydrogens (tertiary/aromatic N) is 4. The van der Waals surface area contributed by atoms with Gasteiger partial charge in [0.05, 0.1) is 28.2 Å². The first-order valence-corrected chi connectivity index (χ1v) is 8.43. The van der Waals surface area contributed by atoms with Crippen LogP contribution in [0.5, 0.6) is 5.88 Å². The number of carbonyl (C=O) groups excluding carboxylic acids is 1. The average molecular weight is 353 g/mol. The molecule has 1 amide bonds. The van der Waals surface area contributed by atoms with Crippen molar-refractivity contribution in [3.8, 4) is 5.88 Å². The number of hydrogen-bond donors (Lipinski definition) is 0. The van der Waals surface area contributed by atoms with E-state index in [0.29, 0.717) is 28.2 Å². The Labute approximate surface area is 143 Å². The molecule has 1 atom stereocenters. The molecule has 0 spiro atoms. The minimum absolute atomic E-state index is 0.00104. The summed E-state index contributed by atoms with van der Waals surface area (Å²) in [6.45, 7) is 1.21. The summed E-state index contributed by atoms with van der Waals surface area (Å²) in [7, 11) is 3.80. The van der Waals surface area contributed by atoms with Crippen molar-refractivity contribution in [1.29, 1.82) is 0 Å². The van der Waals surface area contributed by atoms with E-state index in [0.717, 1.165) is 12.2 Å². The van der Waals surface area contributed by atoms with E-state index in [1.807, 2.05) is 19.0 Å². The van der Waals surface area contributed by atoms with Crippen LogP contribution < -0.4 is 9.64 Å². The lowest BCUT2D eigenvalue weighted by atomic mass is 10.3. The first-order valence-electron chi connectivity index (χ1n) is 7.23. The van der Waals surface area contributed by atoms with Gasteiger partial charge in [-0.15, -0.1) is 11.3 Å². The minimum atomic E-state index is -0.0684. The van der Waals surface area contributed by atoms with Crippen LogP contribution in [0.3, 0.4) is 0 Å². The topological polar surface area (TPSA) is 58.6 Å². The van der Waals surface area contributed by atoms with E-state index in [4.69, 9.17) is 16.3 Å². The van der Waals surface area contributed by atoms with Crippen LogP contribution in [0.2, 0.25) is 4.34 Å². The van der Waals surface area contributed by atoms with Gasteiger partial charge in [-0.3, -0.25) is 9.78 Å². The number of anilines is 1. The number of likely N-dealkylation sites (tertiary alicyclic amines) is 1. The zero-order valence-corrected chi connectivity index (χ0v) is 14.5. The summed E-state index contributed by atoms with van der Waals surface area (Å²) in [5.41, 5.74) is 0. The zero-order valence-electron chi connectivity index (χ0n) is 12.9. The number of ether oxygens (including phenoxy) is 1. The van der Waals surface area contributed by atoms with E-state index < -0.39 is 0 Å². The molecule has 1 aliphatic rings. The highest BCUT2D eigenvalue weighted by molar-refractivity contribution is 7.17. The Hall–Kier alpha value is -1.86. The van der Waals surface area contributed by atoms with Gasteiger partial charge in [0, 0.05) is 27.1 Å². The Morgan fingerprint density at radius 3 is 2.96 bits per heavy atom. The van der Waals surface area contributed by atoms with Crippen molar-refractivity contribution < 1.29 is 9.53 Å². The van der Waals surface area contributed by atoms with Gasteiger partial charge in [-0.25, -0.2) is 0 Å². The van der Waals surface area contributed by atoms with E-state index in [2.05, 4.69) is 9.97 Å². The number of aromatic nitrogens is 2. The summed E-state index contributed by atoms with van der Waals surface area (Å²) < 4.78 is 6.49. The lowest BCUT2D eigenvalue weighted by Crippen LogP contribution is -2.30. The van der Waals surface area contributed by atoms with Crippen LogP contribution in [0.25, 0.3) is 0 Å². The maximum absolute atomic E-state index is 12.4. The van der Waals surface area contributed by atoms with E-state index in [-0.39, 0.29) is 12.0 Å². The molecule has 8 heteroatoms. The molecule has 0 saturated carbocycles. The molecule has 0 bridgehead atoms. The van der Waals surface area contributed by atoms with Gasteiger partial charge in [0.1, 0.15) is 6.10 Å². The second-order valence-electron chi connectivity index (χ2n) is 5.49. The molecule has 1 aliphatic heterocycles. The molecule has 6 nitrogen and oxygen atoms in total. The summed E-state index contributed by atoms with van der Waals surface area (Å²) in [4.78, 5) is 25.2. The Morgan fingerprint density at radius 2 is 2.26 bits per heavy atom. The quantitative estimate of drug-likeness (QED) is 0.846. The van der Waals surface area contributed by atoms with Gasteiger partial charge < -0.3 is 14.5 Å². The standard InChI is InChI=1S/C15H17ClN4O2S/c1-19(2)13-7-17-8-14(18-13)22-10-5-6-20(9-10)15(21)11-3-4-12(16)23-11/h3-4,7-8,10H,5-6,9H2,1-2H3/t10-/m1/s1. The zero-order chi connectivity index (χ0) is 16.4. The van der Waals surface area contributed by atoms with Crippen LogP contribution in [0, 0.1) is 0 Å². The number of thiophene rings is 1. The molecule has 23 heavy (non-hydrogen) atoms. The Balaban J connectivity index is 1.62. The van der Waals surface area contributed by atoms with E-state index in [1.54, 1.807) is 29.4 Å². The summed E-state index contributed by atoms with van der Waals surface area (Å²) in [6.07, 6.45) is 3.98. The van der Waals surface area contributed by atoms with Gasteiger partial charge in [-0.2, -0.15) is 4.98 Å². The summed E-state index contributed by atoms with van der Waals surface area (Å²) in [5, 5.41) is 0. The fraction of sp³-hybridized carbons (Fsp3) is 0.400. The van der Waals surface area contributed by atoms with Gasteiger partial charge >= 0.3 is 0 Å². The van der Waals surface area contributed by atoms with E-state index in [9.17, 15) is 4.79 Å². The molecule has 0 N–H and O–H groups in total. The van der Waals surface area contributed by atoms with Crippen LogP contribution in [-0.2, 0) is 0 Å². The number of rotatable bonds is 4. The van der Waals surface area contributed by atoms with Crippen LogP contribution >= 0.6 is 22.9 Å².